The number of rotatable bonds is 2. The third kappa shape index (κ3) is 1.96. The lowest BCUT2D eigenvalue weighted by molar-refractivity contribution is 0.473. The zero-order valence-electron chi connectivity index (χ0n) is 7.07. The highest BCUT2D eigenvalue weighted by molar-refractivity contribution is 5.43. The van der Waals surface area contributed by atoms with Gasteiger partial charge in [0, 0.05) is 12.6 Å². The van der Waals surface area contributed by atoms with Gasteiger partial charge in [0.2, 0.25) is 0 Å². The molecule has 4 nitrogen and oxygen atoms in total. The molecular formula is C9H11N3O. The zero-order valence-corrected chi connectivity index (χ0v) is 7.07. The first-order valence-electron chi connectivity index (χ1n) is 3.87. The molecule has 1 aromatic carbocycles. The molecule has 0 saturated carbocycles. The molecule has 5 N–H and O–H groups in total. The zero-order chi connectivity index (χ0) is 9.84. The van der Waals surface area contributed by atoms with Crippen LogP contribution >= 0.6 is 0 Å². The predicted octanol–water partition coefficient (Wildman–Crippen LogP) is 0.222. The van der Waals surface area contributed by atoms with Crippen LogP contribution in [0.4, 0.5) is 0 Å². The second kappa shape index (κ2) is 3.90. The Kier molecular flexibility index (Phi) is 2.85. The van der Waals surface area contributed by atoms with E-state index in [2.05, 4.69) is 0 Å². The maximum absolute atomic E-state index is 9.17. The van der Waals surface area contributed by atoms with Gasteiger partial charge in [-0.3, -0.25) is 0 Å². The Labute approximate surface area is 76.4 Å². The van der Waals surface area contributed by atoms with Crippen molar-refractivity contribution in [3.63, 3.8) is 0 Å². The van der Waals surface area contributed by atoms with Crippen molar-refractivity contribution in [2.24, 2.45) is 11.5 Å². The molecule has 1 atom stereocenters. The summed E-state index contributed by atoms with van der Waals surface area (Å²) in [5.41, 5.74) is 12.1. The van der Waals surface area contributed by atoms with Crippen LogP contribution in [0.1, 0.15) is 17.2 Å². The Morgan fingerprint density at radius 2 is 2.23 bits per heavy atom. The van der Waals surface area contributed by atoms with Crippen LogP contribution in [0.15, 0.2) is 18.2 Å². The molecule has 4 heteroatoms. The van der Waals surface area contributed by atoms with E-state index < -0.39 is 6.04 Å². The van der Waals surface area contributed by atoms with Crippen LogP contribution in [-0.4, -0.2) is 11.7 Å². The second-order valence-electron chi connectivity index (χ2n) is 2.73. The van der Waals surface area contributed by atoms with Gasteiger partial charge in [-0.2, -0.15) is 5.26 Å². The quantitative estimate of drug-likeness (QED) is 0.602. The maximum atomic E-state index is 9.17. The highest BCUT2D eigenvalue weighted by Crippen LogP contribution is 2.20. The molecule has 0 aliphatic heterocycles. The molecule has 0 fully saturated rings. The van der Waals surface area contributed by atoms with E-state index in [0.29, 0.717) is 11.1 Å². The van der Waals surface area contributed by atoms with Crippen molar-refractivity contribution in [2.75, 3.05) is 6.54 Å². The van der Waals surface area contributed by atoms with Gasteiger partial charge in [0.1, 0.15) is 5.75 Å². The summed E-state index contributed by atoms with van der Waals surface area (Å²) in [6.07, 6.45) is 0. The smallest absolute Gasteiger partial charge is 0.116 e. The first-order chi connectivity index (χ1) is 6.19. The van der Waals surface area contributed by atoms with Gasteiger partial charge in [-0.1, -0.05) is 0 Å². The molecule has 0 heterocycles. The number of benzene rings is 1. The van der Waals surface area contributed by atoms with Crippen molar-refractivity contribution in [2.45, 2.75) is 6.04 Å². The Hall–Kier alpha value is -1.57. The lowest BCUT2D eigenvalue weighted by Gasteiger charge is -2.10. The van der Waals surface area contributed by atoms with Crippen molar-refractivity contribution in [1.82, 2.24) is 0 Å². The van der Waals surface area contributed by atoms with Gasteiger partial charge in [-0.25, -0.2) is 0 Å². The van der Waals surface area contributed by atoms with Crippen molar-refractivity contribution < 1.29 is 5.11 Å². The molecule has 1 aromatic rings. The standard InChI is InChI=1S/C9H11N3O/c10-4-6-1-2-7(13)3-8(6)9(12)5-11/h1-3,9,13H,5,11-12H2/t9-/m1/s1. The third-order valence-corrected chi connectivity index (χ3v) is 1.81. The number of hydrogen-bond acceptors (Lipinski definition) is 4. The van der Waals surface area contributed by atoms with Crippen molar-refractivity contribution >= 4 is 0 Å². The first-order valence-corrected chi connectivity index (χ1v) is 3.87. The van der Waals surface area contributed by atoms with Gasteiger partial charge < -0.3 is 16.6 Å². The average molecular weight is 177 g/mol. The molecule has 0 aliphatic rings. The number of nitrogens with two attached hydrogens (primary N) is 2. The SMILES string of the molecule is N#Cc1ccc(O)cc1[C@H](N)CN. The monoisotopic (exact) mass is 177 g/mol. The summed E-state index contributed by atoms with van der Waals surface area (Å²) >= 11 is 0. The van der Waals surface area contributed by atoms with Crippen LogP contribution in [0.3, 0.4) is 0 Å². The summed E-state index contributed by atoms with van der Waals surface area (Å²) < 4.78 is 0. The van der Waals surface area contributed by atoms with Gasteiger partial charge in [-0.15, -0.1) is 0 Å². The Morgan fingerprint density at radius 1 is 1.54 bits per heavy atom. The van der Waals surface area contributed by atoms with Crippen molar-refractivity contribution in [3.05, 3.63) is 29.3 Å². The second-order valence-corrected chi connectivity index (χ2v) is 2.73. The molecule has 0 radical (unpaired) electrons. The summed E-state index contributed by atoms with van der Waals surface area (Å²) in [7, 11) is 0. The molecule has 1 rings (SSSR count). The maximum Gasteiger partial charge on any atom is 0.116 e. The van der Waals surface area contributed by atoms with Crippen molar-refractivity contribution in [3.8, 4) is 11.8 Å². The molecule has 0 aliphatic carbocycles. The number of hydrogen-bond donors (Lipinski definition) is 3. The van der Waals surface area contributed by atoms with Gasteiger partial charge in [0.15, 0.2) is 0 Å². The van der Waals surface area contributed by atoms with Crippen LogP contribution < -0.4 is 11.5 Å². The normalized spacial score (nSPS) is 12.1. The lowest BCUT2D eigenvalue weighted by atomic mass is 10.0. The fourth-order valence-electron chi connectivity index (χ4n) is 1.09. The van der Waals surface area contributed by atoms with E-state index in [0.717, 1.165) is 0 Å². The largest absolute Gasteiger partial charge is 0.508 e. The summed E-state index contributed by atoms with van der Waals surface area (Å²) in [5.74, 6) is 0.0953. The van der Waals surface area contributed by atoms with Gasteiger partial charge in [-0.05, 0) is 23.8 Å². The van der Waals surface area contributed by atoms with Crippen LogP contribution in [0.25, 0.3) is 0 Å². The molecule has 13 heavy (non-hydrogen) atoms. The summed E-state index contributed by atoms with van der Waals surface area (Å²) in [6.45, 7) is 0.248. The van der Waals surface area contributed by atoms with E-state index >= 15 is 0 Å². The summed E-state index contributed by atoms with van der Waals surface area (Å²) in [5, 5.41) is 17.9. The van der Waals surface area contributed by atoms with Gasteiger partial charge in [0.25, 0.3) is 0 Å². The van der Waals surface area contributed by atoms with Gasteiger partial charge >= 0.3 is 0 Å². The average Bonchev–Trinajstić information content (AvgIpc) is 2.16. The van der Waals surface area contributed by atoms with E-state index in [1.54, 1.807) is 0 Å². The van der Waals surface area contributed by atoms with E-state index in [1.165, 1.54) is 18.2 Å². The van der Waals surface area contributed by atoms with Crippen LogP contribution in [0.2, 0.25) is 0 Å². The van der Waals surface area contributed by atoms with E-state index in [9.17, 15) is 5.11 Å². The highest BCUT2D eigenvalue weighted by Gasteiger charge is 2.09. The molecule has 0 spiro atoms. The van der Waals surface area contributed by atoms with Crippen LogP contribution in [0.5, 0.6) is 5.75 Å². The summed E-state index contributed by atoms with van der Waals surface area (Å²) in [4.78, 5) is 0. The number of aromatic hydroxyl groups is 1. The molecule has 0 bridgehead atoms. The first kappa shape index (κ1) is 9.52. The molecule has 0 saturated heterocycles. The number of phenols is 1. The Balaban J connectivity index is 3.17. The molecule has 0 amide bonds. The van der Waals surface area contributed by atoms with E-state index in [4.69, 9.17) is 16.7 Å². The number of nitrogens with zero attached hydrogens (tertiary/aromatic N) is 1. The van der Waals surface area contributed by atoms with Crippen LogP contribution in [0, 0.1) is 11.3 Å². The van der Waals surface area contributed by atoms with Gasteiger partial charge in [0.05, 0.1) is 11.6 Å². The Morgan fingerprint density at radius 3 is 2.77 bits per heavy atom. The highest BCUT2D eigenvalue weighted by atomic mass is 16.3. The molecule has 0 unspecified atom stereocenters. The van der Waals surface area contributed by atoms with E-state index in [-0.39, 0.29) is 12.3 Å². The minimum atomic E-state index is -0.401. The fourth-order valence-corrected chi connectivity index (χ4v) is 1.09. The lowest BCUT2D eigenvalue weighted by Crippen LogP contribution is -2.21. The van der Waals surface area contributed by atoms with Crippen LogP contribution in [-0.2, 0) is 0 Å². The minimum absolute atomic E-state index is 0.0953. The number of phenolic OH excluding ortho intramolecular Hbond substituents is 1. The van der Waals surface area contributed by atoms with Crippen molar-refractivity contribution in [1.29, 1.82) is 5.26 Å². The summed E-state index contributed by atoms with van der Waals surface area (Å²) in [6, 6.07) is 6.04. The molecule has 0 aromatic heterocycles. The van der Waals surface area contributed by atoms with E-state index in [1.807, 2.05) is 6.07 Å². The fraction of sp³-hybridized carbons (Fsp3) is 0.222. The predicted molar refractivity (Wildman–Crippen MR) is 48.8 cm³/mol. The minimum Gasteiger partial charge on any atom is -0.508 e. The third-order valence-electron chi connectivity index (χ3n) is 1.81. The molecule has 68 valence electrons. The molecular weight excluding hydrogens is 166 g/mol. The Bertz CT molecular complexity index is 343. The number of nitriles is 1. The topological polar surface area (TPSA) is 96.1 Å².